The van der Waals surface area contributed by atoms with Gasteiger partial charge in [-0.1, -0.05) is 6.92 Å². The van der Waals surface area contributed by atoms with E-state index >= 15 is 0 Å². The lowest BCUT2D eigenvalue weighted by Crippen LogP contribution is -2.30. The zero-order valence-corrected chi connectivity index (χ0v) is 11.2. The highest BCUT2D eigenvalue weighted by atomic mass is 15.3. The molecule has 0 atom stereocenters. The van der Waals surface area contributed by atoms with Crippen LogP contribution in [-0.2, 0) is 6.42 Å². The monoisotopic (exact) mass is 244 g/mol. The summed E-state index contributed by atoms with van der Waals surface area (Å²) in [5, 5.41) is 4.55. The molecule has 3 heterocycles. The van der Waals surface area contributed by atoms with E-state index in [1.54, 1.807) is 0 Å². The minimum atomic E-state index is 0.960. The number of aryl methyl sites for hydroxylation is 2. The normalized spacial score (nSPS) is 16.4. The van der Waals surface area contributed by atoms with E-state index in [4.69, 9.17) is 4.98 Å². The summed E-state index contributed by atoms with van der Waals surface area (Å²) in [7, 11) is 0. The molecule has 0 saturated carbocycles. The molecule has 0 aromatic carbocycles. The van der Waals surface area contributed by atoms with Gasteiger partial charge in [0.25, 0.3) is 0 Å². The Balaban J connectivity index is 2.02. The van der Waals surface area contributed by atoms with E-state index in [1.165, 1.54) is 25.0 Å². The summed E-state index contributed by atoms with van der Waals surface area (Å²) in [6, 6.07) is 4.26. The number of aromatic nitrogens is 3. The average molecular weight is 244 g/mol. The van der Waals surface area contributed by atoms with Gasteiger partial charge in [0.1, 0.15) is 5.82 Å². The maximum absolute atomic E-state index is 4.75. The van der Waals surface area contributed by atoms with Crippen LogP contribution < -0.4 is 4.90 Å². The van der Waals surface area contributed by atoms with Gasteiger partial charge in [-0.2, -0.15) is 5.10 Å². The predicted octanol–water partition coefficient (Wildman–Crippen LogP) is 2.59. The Kier molecular flexibility index (Phi) is 2.94. The molecule has 4 heteroatoms. The third-order valence-electron chi connectivity index (χ3n) is 3.68. The highest BCUT2D eigenvalue weighted by molar-refractivity contribution is 5.51. The number of fused-ring (bicyclic) bond motifs is 1. The number of rotatable bonds is 2. The topological polar surface area (TPSA) is 33.4 Å². The van der Waals surface area contributed by atoms with E-state index in [0.717, 1.165) is 36.7 Å². The van der Waals surface area contributed by atoms with Crippen molar-refractivity contribution in [2.45, 2.75) is 39.5 Å². The number of piperidine rings is 1. The van der Waals surface area contributed by atoms with Crippen LogP contribution in [0.1, 0.15) is 37.6 Å². The molecule has 0 bridgehead atoms. The van der Waals surface area contributed by atoms with Gasteiger partial charge >= 0.3 is 0 Å². The highest BCUT2D eigenvalue weighted by Crippen LogP contribution is 2.20. The van der Waals surface area contributed by atoms with Crippen LogP contribution in [0.2, 0.25) is 0 Å². The van der Waals surface area contributed by atoms with E-state index < -0.39 is 0 Å². The molecular formula is C14H20N4. The van der Waals surface area contributed by atoms with Crippen LogP contribution in [0, 0.1) is 6.92 Å². The van der Waals surface area contributed by atoms with Crippen LogP contribution >= 0.6 is 0 Å². The van der Waals surface area contributed by atoms with Crippen molar-refractivity contribution in [3.8, 4) is 0 Å². The van der Waals surface area contributed by atoms with Crippen molar-refractivity contribution in [2.24, 2.45) is 0 Å². The lowest BCUT2D eigenvalue weighted by Gasteiger charge is -2.27. The molecule has 0 amide bonds. The minimum absolute atomic E-state index is 0.960. The van der Waals surface area contributed by atoms with Crippen molar-refractivity contribution in [2.75, 3.05) is 18.0 Å². The zero-order chi connectivity index (χ0) is 12.5. The van der Waals surface area contributed by atoms with Gasteiger partial charge in [-0.15, -0.1) is 0 Å². The van der Waals surface area contributed by atoms with E-state index in [9.17, 15) is 0 Å². The summed E-state index contributed by atoms with van der Waals surface area (Å²) in [5.74, 6) is 1.11. The fraction of sp³-hybridized carbons (Fsp3) is 0.571. The molecular weight excluding hydrogens is 224 g/mol. The number of nitrogens with zero attached hydrogens (tertiary/aromatic N) is 4. The average Bonchev–Trinajstić information content (AvgIpc) is 2.83. The summed E-state index contributed by atoms with van der Waals surface area (Å²) in [4.78, 5) is 7.15. The highest BCUT2D eigenvalue weighted by Gasteiger charge is 2.14. The molecule has 4 nitrogen and oxygen atoms in total. The van der Waals surface area contributed by atoms with Crippen molar-refractivity contribution < 1.29 is 0 Å². The molecule has 0 radical (unpaired) electrons. The first-order chi connectivity index (χ1) is 8.78. The van der Waals surface area contributed by atoms with Gasteiger partial charge in [-0.25, -0.2) is 9.50 Å². The Labute approximate surface area is 108 Å². The summed E-state index contributed by atoms with van der Waals surface area (Å²) >= 11 is 0. The van der Waals surface area contributed by atoms with Crippen molar-refractivity contribution in [3.05, 3.63) is 23.5 Å². The predicted molar refractivity (Wildman–Crippen MR) is 73.2 cm³/mol. The fourth-order valence-electron chi connectivity index (χ4n) is 2.61. The van der Waals surface area contributed by atoms with Crippen LogP contribution in [0.3, 0.4) is 0 Å². The summed E-state index contributed by atoms with van der Waals surface area (Å²) in [6.45, 7) is 6.51. The van der Waals surface area contributed by atoms with Crippen LogP contribution in [0.5, 0.6) is 0 Å². The quantitative estimate of drug-likeness (QED) is 0.814. The van der Waals surface area contributed by atoms with Gasteiger partial charge in [0.05, 0.1) is 5.69 Å². The first-order valence-corrected chi connectivity index (χ1v) is 6.89. The minimum Gasteiger partial charge on any atom is -0.356 e. The Hall–Kier alpha value is -1.58. The van der Waals surface area contributed by atoms with Crippen LogP contribution in [0.25, 0.3) is 5.65 Å². The van der Waals surface area contributed by atoms with E-state index in [-0.39, 0.29) is 0 Å². The van der Waals surface area contributed by atoms with Gasteiger partial charge in [-0.05, 0) is 32.6 Å². The Morgan fingerprint density at radius 3 is 2.67 bits per heavy atom. The van der Waals surface area contributed by atoms with E-state index in [0.29, 0.717) is 0 Å². The second kappa shape index (κ2) is 4.59. The van der Waals surface area contributed by atoms with Gasteiger partial charge in [0.15, 0.2) is 5.65 Å². The Bertz CT molecular complexity index is 552. The van der Waals surface area contributed by atoms with Gasteiger partial charge in [-0.3, -0.25) is 0 Å². The molecule has 1 aliphatic rings. The third-order valence-corrected chi connectivity index (χ3v) is 3.68. The third kappa shape index (κ3) is 1.96. The molecule has 0 unspecified atom stereocenters. The lowest BCUT2D eigenvalue weighted by atomic mass is 10.1. The molecule has 18 heavy (non-hydrogen) atoms. The van der Waals surface area contributed by atoms with Gasteiger partial charge in [0.2, 0.25) is 0 Å². The molecule has 1 fully saturated rings. The van der Waals surface area contributed by atoms with Crippen molar-refractivity contribution in [1.82, 2.24) is 14.6 Å². The lowest BCUT2D eigenvalue weighted by molar-refractivity contribution is 0.573. The smallest absolute Gasteiger partial charge is 0.157 e. The number of hydrogen-bond donors (Lipinski definition) is 0. The second-order valence-electron chi connectivity index (χ2n) is 5.06. The summed E-state index contributed by atoms with van der Waals surface area (Å²) in [5.41, 5.74) is 3.26. The first kappa shape index (κ1) is 11.5. The molecule has 1 aliphatic heterocycles. The van der Waals surface area contributed by atoms with Gasteiger partial charge < -0.3 is 4.90 Å². The molecule has 2 aromatic rings. The van der Waals surface area contributed by atoms with Crippen molar-refractivity contribution in [3.63, 3.8) is 0 Å². The largest absolute Gasteiger partial charge is 0.356 e. The molecule has 0 aliphatic carbocycles. The van der Waals surface area contributed by atoms with Crippen molar-refractivity contribution >= 4 is 11.5 Å². The number of anilines is 1. The maximum atomic E-state index is 4.75. The second-order valence-corrected chi connectivity index (χ2v) is 5.06. The van der Waals surface area contributed by atoms with Crippen LogP contribution in [-0.4, -0.2) is 27.7 Å². The number of hydrogen-bond acceptors (Lipinski definition) is 3. The van der Waals surface area contributed by atoms with Crippen LogP contribution in [0.15, 0.2) is 12.1 Å². The Morgan fingerprint density at radius 2 is 1.94 bits per heavy atom. The maximum Gasteiger partial charge on any atom is 0.157 e. The molecule has 0 N–H and O–H groups in total. The van der Waals surface area contributed by atoms with Crippen molar-refractivity contribution in [1.29, 1.82) is 0 Å². The molecule has 1 saturated heterocycles. The SMILES string of the molecule is CCc1cc2nc(N3CCCCC3)cc(C)n2n1. The standard InChI is InChI=1S/C14H20N4/c1-3-12-10-14-15-13(9-11(2)18(14)16-12)17-7-5-4-6-8-17/h9-10H,3-8H2,1-2H3. The molecule has 0 spiro atoms. The van der Waals surface area contributed by atoms with Crippen LogP contribution in [0.4, 0.5) is 5.82 Å². The first-order valence-electron chi connectivity index (χ1n) is 6.89. The fourth-order valence-corrected chi connectivity index (χ4v) is 2.61. The molecule has 2 aromatic heterocycles. The van der Waals surface area contributed by atoms with E-state index in [1.807, 2.05) is 4.52 Å². The van der Waals surface area contributed by atoms with Gasteiger partial charge in [0, 0.05) is 30.9 Å². The molecule has 3 rings (SSSR count). The summed E-state index contributed by atoms with van der Waals surface area (Å²) in [6.07, 6.45) is 4.88. The Morgan fingerprint density at radius 1 is 1.17 bits per heavy atom. The summed E-state index contributed by atoms with van der Waals surface area (Å²) < 4.78 is 1.95. The molecule has 96 valence electrons. The zero-order valence-electron chi connectivity index (χ0n) is 11.2. The van der Waals surface area contributed by atoms with E-state index in [2.05, 4.69) is 36.0 Å².